The summed E-state index contributed by atoms with van der Waals surface area (Å²) < 4.78 is 19.4. The Labute approximate surface area is 130 Å². The van der Waals surface area contributed by atoms with Gasteiger partial charge in [0, 0.05) is 5.69 Å². The number of ether oxygens (including phenoxy) is 1. The highest BCUT2D eigenvalue weighted by atomic mass is 79.9. The van der Waals surface area contributed by atoms with E-state index in [-0.39, 0.29) is 23.2 Å². The van der Waals surface area contributed by atoms with Crippen LogP contribution in [0, 0.1) is 5.82 Å². The minimum atomic E-state index is -0.575. The SMILES string of the molecule is Nc1ccc(OCCNC(=O)c2cccc(Br)c2F)cc1. The van der Waals surface area contributed by atoms with Crippen LogP contribution in [0.1, 0.15) is 10.4 Å². The van der Waals surface area contributed by atoms with Gasteiger partial charge in [-0.25, -0.2) is 4.39 Å². The zero-order valence-corrected chi connectivity index (χ0v) is 12.7. The van der Waals surface area contributed by atoms with Gasteiger partial charge in [-0.15, -0.1) is 0 Å². The van der Waals surface area contributed by atoms with Crippen LogP contribution in [-0.4, -0.2) is 19.1 Å². The lowest BCUT2D eigenvalue weighted by molar-refractivity contribution is 0.0943. The monoisotopic (exact) mass is 352 g/mol. The molecule has 2 aromatic carbocycles. The Morgan fingerprint density at radius 3 is 2.67 bits per heavy atom. The lowest BCUT2D eigenvalue weighted by atomic mass is 10.2. The van der Waals surface area contributed by atoms with Crippen molar-refractivity contribution < 1.29 is 13.9 Å². The van der Waals surface area contributed by atoms with Crippen molar-refractivity contribution in [2.75, 3.05) is 18.9 Å². The number of halogens is 2. The molecule has 3 N–H and O–H groups in total. The summed E-state index contributed by atoms with van der Waals surface area (Å²) >= 11 is 3.04. The standard InChI is InChI=1S/C15H14BrFN2O2/c16-13-3-1-2-12(14(13)17)15(20)19-8-9-21-11-6-4-10(18)5-7-11/h1-7H,8-9,18H2,(H,19,20). The Morgan fingerprint density at radius 1 is 1.24 bits per heavy atom. The molecule has 6 heteroatoms. The van der Waals surface area contributed by atoms with E-state index in [1.165, 1.54) is 12.1 Å². The summed E-state index contributed by atoms with van der Waals surface area (Å²) in [5, 5.41) is 2.60. The van der Waals surface area contributed by atoms with Crippen molar-refractivity contribution in [1.82, 2.24) is 5.32 Å². The Hall–Kier alpha value is -2.08. The molecule has 0 saturated carbocycles. The zero-order valence-electron chi connectivity index (χ0n) is 11.1. The summed E-state index contributed by atoms with van der Waals surface area (Å²) in [4.78, 5) is 11.8. The molecule has 0 heterocycles. The number of carbonyl (C=O) groups excluding carboxylic acids is 1. The fourth-order valence-corrected chi connectivity index (χ4v) is 2.04. The second kappa shape index (κ2) is 7.08. The van der Waals surface area contributed by atoms with E-state index in [1.807, 2.05) is 0 Å². The van der Waals surface area contributed by atoms with Gasteiger partial charge in [0.25, 0.3) is 5.91 Å². The molecule has 0 fully saturated rings. The minimum Gasteiger partial charge on any atom is -0.492 e. The first kappa shape index (κ1) is 15.3. The second-order valence-electron chi connectivity index (χ2n) is 4.27. The fraction of sp³-hybridized carbons (Fsp3) is 0.133. The van der Waals surface area contributed by atoms with E-state index in [0.29, 0.717) is 11.4 Å². The number of nitrogens with two attached hydrogens (primary N) is 1. The average Bonchev–Trinajstić information content (AvgIpc) is 2.48. The third-order valence-electron chi connectivity index (χ3n) is 2.73. The van der Waals surface area contributed by atoms with Crippen LogP contribution >= 0.6 is 15.9 Å². The second-order valence-corrected chi connectivity index (χ2v) is 5.13. The number of amides is 1. The maximum Gasteiger partial charge on any atom is 0.254 e. The largest absolute Gasteiger partial charge is 0.492 e. The Bertz CT molecular complexity index is 632. The lowest BCUT2D eigenvalue weighted by Gasteiger charge is -2.09. The maximum absolute atomic E-state index is 13.7. The smallest absolute Gasteiger partial charge is 0.254 e. The van der Waals surface area contributed by atoms with Gasteiger partial charge >= 0.3 is 0 Å². The van der Waals surface area contributed by atoms with Crippen LogP contribution in [0.25, 0.3) is 0 Å². The molecule has 0 radical (unpaired) electrons. The summed E-state index contributed by atoms with van der Waals surface area (Å²) in [6, 6.07) is 11.5. The highest BCUT2D eigenvalue weighted by Crippen LogP contribution is 2.18. The van der Waals surface area contributed by atoms with Crippen molar-refractivity contribution >= 4 is 27.5 Å². The third kappa shape index (κ3) is 4.19. The number of nitrogens with one attached hydrogen (secondary N) is 1. The van der Waals surface area contributed by atoms with Crippen LogP contribution in [0.5, 0.6) is 5.75 Å². The van der Waals surface area contributed by atoms with Crippen LogP contribution in [0.3, 0.4) is 0 Å². The topological polar surface area (TPSA) is 64.3 Å². The van der Waals surface area contributed by atoms with E-state index in [9.17, 15) is 9.18 Å². The van der Waals surface area contributed by atoms with Gasteiger partial charge in [-0.1, -0.05) is 6.07 Å². The minimum absolute atomic E-state index is 0.00291. The van der Waals surface area contributed by atoms with Crippen LogP contribution in [0.15, 0.2) is 46.9 Å². The first-order valence-corrected chi connectivity index (χ1v) is 7.08. The molecule has 0 saturated heterocycles. The van der Waals surface area contributed by atoms with Gasteiger partial charge in [0.15, 0.2) is 0 Å². The van der Waals surface area contributed by atoms with Crippen molar-refractivity contribution in [1.29, 1.82) is 0 Å². The van der Waals surface area contributed by atoms with Crippen LogP contribution in [-0.2, 0) is 0 Å². The van der Waals surface area contributed by atoms with Gasteiger partial charge in [-0.3, -0.25) is 4.79 Å². The number of hydrogen-bond acceptors (Lipinski definition) is 3. The lowest BCUT2D eigenvalue weighted by Crippen LogP contribution is -2.28. The quantitative estimate of drug-likeness (QED) is 0.642. The number of hydrogen-bond donors (Lipinski definition) is 2. The first-order chi connectivity index (χ1) is 10.1. The van der Waals surface area contributed by atoms with Crippen molar-refractivity contribution in [3.8, 4) is 5.75 Å². The molecule has 0 unspecified atom stereocenters. The molecule has 0 aliphatic rings. The number of anilines is 1. The predicted octanol–water partition coefficient (Wildman–Crippen LogP) is 2.98. The summed E-state index contributed by atoms with van der Waals surface area (Å²) in [5.74, 6) is -0.392. The molecule has 0 spiro atoms. The van der Waals surface area contributed by atoms with Crippen molar-refractivity contribution in [2.24, 2.45) is 0 Å². The summed E-state index contributed by atoms with van der Waals surface area (Å²) in [5.41, 5.74) is 6.21. The highest BCUT2D eigenvalue weighted by molar-refractivity contribution is 9.10. The van der Waals surface area contributed by atoms with Crippen molar-refractivity contribution in [2.45, 2.75) is 0 Å². The molecule has 0 aliphatic carbocycles. The molecule has 21 heavy (non-hydrogen) atoms. The van der Waals surface area contributed by atoms with Crippen LogP contribution in [0.4, 0.5) is 10.1 Å². The van der Waals surface area contributed by atoms with Gasteiger partial charge in [0.2, 0.25) is 0 Å². The maximum atomic E-state index is 13.7. The molecule has 0 aliphatic heterocycles. The first-order valence-electron chi connectivity index (χ1n) is 6.28. The molecule has 110 valence electrons. The molecule has 1 amide bonds. The number of benzene rings is 2. The average molecular weight is 353 g/mol. The molecular weight excluding hydrogens is 339 g/mol. The molecule has 0 aromatic heterocycles. The highest BCUT2D eigenvalue weighted by Gasteiger charge is 2.13. The van der Waals surface area contributed by atoms with Gasteiger partial charge in [0.05, 0.1) is 16.6 Å². The normalized spacial score (nSPS) is 10.2. The van der Waals surface area contributed by atoms with Crippen LogP contribution in [0.2, 0.25) is 0 Å². The van der Waals surface area contributed by atoms with Gasteiger partial charge in [-0.2, -0.15) is 0 Å². The van der Waals surface area contributed by atoms with Crippen LogP contribution < -0.4 is 15.8 Å². The van der Waals surface area contributed by atoms with Crippen molar-refractivity contribution in [3.05, 3.63) is 58.3 Å². The van der Waals surface area contributed by atoms with E-state index in [1.54, 1.807) is 30.3 Å². The zero-order chi connectivity index (χ0) is 15.2. The fourth-order valence-electron chi connectivity index (χ4n) is 1.67. The molecule has 0 bridgehead atoms. The molecule has 4 nitrogen and oxygen atoms in total. The van der Waals surface area contributed by atoms with Gasteiger partial charge < -0.3 is 15.8 Å². The van der Waals surface area contributed by atoms with E-state index in [2.05, 4.69) is 21.2 Å². The number of nitrogen functional groups attached to an aromatic ring is 1. The van der Waals surface area contributed by atoms with Gasteiger partial charge in [0.1, 0.15) is 18.2 Å². The van der Waals surface area contributed by atoms with E-state index in [0.717, 1.165) is 0 Å². The molecule has 0 atom stereocenters. The Morgan fingerprint density at radius 2 is 1.95 bits per heavy atom. The Kier molecular flexibility index (Phi) is 5.16. The number of carbonyl (C=O) groups is 1. The summed E-state index contributed by atoms with van der Waals surface area (Å²) in [6.45, 7) is 0.556. The summed E-state index contributed by atoms with van der Waals surface area (Å²) in [6.07, 6.45) is 0. The molecule has 2 aromatic rings. The Balaban J connectivity index is 1.82. The number of rotatable bonds is 5. The van der Waals surface area contributed by atoms with Gasteiger partial charge in [-0.05, 0) is 52.3 Å². The molecule has 2 rings (SSSR count). The van der Waals surface area contributed by atoms with E-state index < -0.39 is 11.7 Å². The van der Waals surface area contributed by atoms with E-state index >= 15 is 0 Å². The molecular formula is C15H14BrFN2O2. The third-order valence-corrected chi connectivity index (χ3v) is 3.35. The summed E-state index contributed by atoms with van der Waals surface area (Å²) in [7, 11) is 0. The van der Waals surface area contributed by atoms with E-state index in [4.69, 9.17) is 10.5 Å². The van der Waals surface area contributed by atoms with Crippen molar-refractivity contribution in [3.63, 3.8) is 0 Å². The predicted molar refractivity (Wildman–Crippen MR) is 82.8 cm³/mol.